The minimum absolute atomic E-state index is 0.120. The number of imide groups is 1. The number of hydrogen-bond donors (Lipinski definition) is 2. The number of amides is 2. The van der Waals surface area contributed by atoms with E-state index in [0.29, 0.717) is 5.69 Å². The molecule has 2 N–H and O–H groups in total. The van der Waals surface area contributed by atoms with Gasteiger partial charge in [-0.2, -0.15) is 0 Å². The number of hydrogen-bond acceptors (Lipinski definition) is 5. The maximum absolute atomic E-state index is 11.6. The summed E-state index contributed by atoms with van der Waals surface area (Å²) in [6, 6.07) is 6.08. The first kappa shape index (κ1) is 12.4. The molecule has 0 saturated carbocycles. The summed E-state index contributed by atoms with van der Waals surface area (Å²) in [7, 11) is 1.41. The molecule has 0 bridgehead atoms. The van der Waals surface area contributed by atoms with Crippen LogP contribution in [-0.4, -0.2) is 39.5 Å². The second kappa shape index (κ2) is 4.69. The molecular formula is C11H10N2O4S. The van der Waals surface area contributed by atoms with Gasteiger partial charge in [0, 0.05) is 12.7 Å². The van der Waals surface area contributed by atoms with Gasteiger partial charge < -0.3 is 10.4 Å². The van der Waals surface area contributed by atoms with Gasteiger partial charge in [-0.15, -0.1) is 0 Å². The number of carboxylic acid groups (broad SMARTS) is 1. The minimum atomic E-state index is -1.04. The molecule has 2 amide bonds. The van der Waals surface area contributed by atoms with E-state index in [1.807, 2.05) is 0 Å². The van der Waals surface area contributed by atoms with E-state index in [2.05, 4.69) is 5.32 Å². The summed E-state index contributed by atoms with van der Waals surface area (Å²) >= 11 is 0.870. The van der Waals surface area contributed by atoms with Gasteiger partial charge >= 0.3 is 5.97 Å². The molecule has 6 nitrogen and oxygen atoms in total. The lowest BCUT2D eigenvalue weighted by Crippen LogP contribution is -2.31. The average molecular weight is 266 g/mol. The molecule has 0 radical (unpaired) electrons. The van der Waals surface area contributed by atoms with Crippen molar-refractivity contribution in [2.24, 2.45) is 0 Å². The van der Waals surface area contributed by atoms with Crippen LogP contribution in [0, 0.1) is 0 Å². The molecule has 0 aliphatic carbocycles. The summed E-state index contributed by atoms with van der Waals surface area (Å²) in [6.45, 7) is 0. The number of anilines is 1. The summed E-state index contributed by atoms with van der Waals surface area (Å²) < 4.78 is 0. The van der Waals surface area contributed by atoms with Gasteiger partial charge in [0.2, 0.25) is 0 Å². The minimum Gasteiger partial charge on any atom is -0.478 e. The van der Waals surface area contributed by atoms with E-state index in [4.69, 9.17) is 5.11 Å². The van der Waals surface area contributed by atoms with Crippen LogP contribution in [-0.2, 0) is 4.79 Å². The van der Waals surface area contributed by atoms with Crippen molar-refractivity contribution in [3.05, 3.63) is 29.8 Å². The third-order valence-electron chi connectivity index (χ3n) is 2.45. The number of carboxylic acids is 1. The van der Waals surface area contributed by atoms with Crippen LogP contribution < -0.4 is 5.32 Å². The molecule has 94 valence electrons. The van der Waals surface area contributed by atoms with Crippen molar-refractivity contribution in [3.8, 4) is 0 Å². The molecule has 1 aromatic rings. The monoisotopic (exact) mass is 266 g/mol. The third kappa shape index (κ3) is 2.30. The normalized spacial score (nSPS) is 19.2. The Balaban J connectivity index is 2.15. The zero-order valence-electron chi connectivity index (χ0n) is 9.41. The molecule has 1 saturated heterocycles. The first-order valence-corrected chi connectivity index (χ1v) is 5.95. The smallest absolute Gasteiger partial charge is 0.335 e. The Kier molecular flexibility index (Phi) is 3.24. The van der Waals surface area contributed by atoms with Crippen LogP contribution in [0.15, 0.2) is 24.3 Å². The zero-order chi connectivity index (χ0) is 13.3. The average Bonchev–Trinajstić information content (AvgIpc) is 2.57. The lowest BCUT2D eigenvalue weighted by molar-refractivity contribution is -0.125. The molecule has 18 heavy (non-hydrogen) atoms. The summed E-state index contributed by atoms with van der Waals surface area (Å²) in [5.74, 6) is -1.39. The highest BCUT2D eigenvalue weighted by Gasteiger charge is 2.37. The van der Waals surface area contributed by atoms with Gasteiger partial charge in [0.15, 0.2) is 5.37 Å². The summed E-state index contributed by atoms with van der Waals surface area (Å²) in [6.07, 6.45) is 0. The molecule has 1 heterocycles. The number of thioether (sulfide) groups is 1. The van der Waals surface area contributed by atoms with Gasteiger partial charge in [0.1, 0.15) is 0 Å². The van der Waals surface area contributed by atoms with Crippen molar-refractivity contribution in [3.63, 3.8) is 0 Å². The Morgan fingerprint density at radius 2 is 2.17 bits per heavy atom. The topological polar surface area (TPSA) is 86.7 Å². The SMILES string of the molecule is CN1C(=O)SC(Nc2cccc(C(=O)O)c2)C1=O. The largest absolute Gasteiger partial charge is 0.478 e. The van der Waals surface area contributed by atoms with Gasteiger partial charge in [0.25, 0.3) is 11.1 Å². The van der Waals surface area contributed by atoms with Crippen molar-refractivity contribution in [2.45, 2.75) is 5.37 Å². The number of nitrogens with one attached hydrogen (secondary N) is 1. The molecule has 0 aromatic heterocycles. The quantitative estimate of drug-likeness (QED) is 0.861. The number of likely N-dealkylation sites (N-methyl/N-ethyl adjacent to an activating group) is 1. The van der Waals surface area contributed by atoms with Crippen molar-refractivity contribution in [1.29, 1.82) is 0 Å². The first-order chi connectivity index (χ1) is 8.49. The fraction of sp³-hybridized carbons (Fsp3) is 0.182. The highest BCUT2D eigenvalue weighted by atomic mass is 32.2. The highest BCUT2D eigenvalue weighted by Crippen LogP contribution is 2.27. The van der Waals surface area contributed by atoms with E-state index in [-0.39, 0.29) is 16.7 Å². The Labute approximate surface area is 107 Å². The predicted octanol–water partition coefficient (Wildman–Crippen LogP) is 1.45. The lowest BCUT2D eigenvalue weighted by atomic mass is 10.2. The molecule has 1 aromatic carbocycles. The van der Waals surface area contributed by atoms with E-state index in [9.17, 15) is 14.4 Å². The summed E-state index contributed by atoms with van der Waals surface area (Å²) in [5.41, 5.74) is 0.610. The van der Waals surface area contributed by atoms with Crippen LogP contribution in [0.1, 0.15) is 10.4 Å². The van der Waals surface area contributed by atoms with Crippen molar-refractivity contribution in [2.75, 3.05) is 12.4 Å². The molecule has 1 unspecified atom stereocenters. The molecule has 1 fully saturated rings. The number of carbonyl (C=O) groups is 3. The zero-order valence-corrected chi connectivity index (χ0v) is 10.2. The van der Waals surface area contributed by atoms with Gasteiger partial charge in [-0.1, -0.05) is 6.07 Å². The van der Waals surface area contributed by atoms with E-state index >= 15 is 0 Å². The lowest BCUT2D eigenvalue weighted by Gasteiger charge is -2.11. The van der Waals surface area contributed by atoms with E-state index in [1.54, 1.807) is 12.1 Å². The molecule has 0 spiro atoms. The predicted molar refractivity (Wildman–Crippen MR) is 66.6 cm³/mol. The fourth-order valence-electron chi connectivity index (χ4n) is 1.48. The van der Waals surface area contributed by atoms with Crippen molar-refractivity contribution < 1.29 is 19.5 Å². The molecule has 1 atom stereocenters. The third-order valence-corrected chi connectivity index (χ3v) is 3.49. The van der Waals surface area contributed by atoms with Crippen LogP contribution in [0.4, 0.5) is 10.5 Å². The Morgan fingerprint density at radius 3 is 2.72 bits per heavy atom. The van der Waals surface area contributed by atoms with Gasteiger partial charge in [0.05, 0.1) is 5.56 Å². The molecular weight excluding hydrogens is 256 g/mol. The van der Waals surface area contributed by atoms with E-state index in [1.165, 1.54) is 19.2 Å². The van der Waals surface area contributed by atoms with Crippen LogP contribution in [0.3, 0.4) is 0 Å². The van der Waals surface area contributed by atoms with Gasteiger partial charge in [-0.3, -0.25) is 14.5 Å². The first-order valence-electron chi connectivity index (χ1n) is 5.07. The summed E-state index contributed by atoms with van der Waals surface area (Å²) in [5, 5.41) is 10.6. The number of carbonyl (C=O) groups excluding carboxylic acids is 2. The van der Waals surface area contributed by atoms with Crippen LogP contribution in [0.5, 0.6) is 0 Å². The maximum atomic E-state index is 11.6. The van der Waals surface area contributed by atoms with Crippen molar-refractivity contribution in [1.82, 2.24) is 4.90 Å². The highest BCUT2D eigenvalue weighted by molar-refractivity contribution is 8.15. The van der Waals surface area contributed by atoms with Gasteiger partial charge in [-0.25, -0.2) is 4.79 Å². The Morgan fingerprint density at radius 1 is 1.44 bits per heavy atom. The number of nitrogens with zero attached hydrogens (tertiary/aromatic N) is 1. The van der Waals surface area contributed by atoms with E-state index < -0.39 is 11.3 Å². The maximum Gasteiger partial charge on any atom is 0.335 e. The summed E-state index contributed by atoms with van der Waals surface area (Å²) in [4.78, 5) is 34.8. The van der Waals surface area contributed by atoms with Crippen LogP contribution in [0.2, 0.25) is 0 Å². The number of aromatic carboxylic acids is 1. The Bertz CT molecular complexity index is 532. The van der Waals surface area contributed by atoms with E-state index in [0.717, 1.165) is 16.7 Å². The molecule has 2 rings (SSSR count). The van der Waals surface area contributed by atoms with Gasteiger partial charge in [-0.05, 0) is 30.0 Å². The number of benzene rings is 1. The van der Waals surface area contributed by atoms with Crippen molar-refractivity contribution >= 4 is 34.6 Å². The molecule has 1 aliphatic rings. The Hall–Kier alpha value is -2.02. The standard InChI is InChI=1S/C11H10N2O4S/c1-13-9(14)8(18-11(13)17)12-7-4-2-3-6(5-7)10(15)16/h2-5,8,12H,1H3,(H,15,16). The number of rotatable bonds is 3. The fourth-order valence-corrected chi connectivity index (χ4v) is 2.38. The van der Waals surface area contributed by atoms with Crippen LogP contribution >= 0.6 is 11.8 Å². The molecule has 7 heteroatoms. The van der Waals surface area contributed by atoms with Crippen LogP contribution in [0.25, 0.3) is 0 Å². The second-order valence-electron chi connectivity index (χ2n) is 3.69. The second-order valence-corrected chi connectivity index (χ2v) is 4.75. The molecule has 1 aliphatic heterocycles.